The van der Waals surface area contributed by atoms with Gasteiger partial charge in [0.2, 0.25) is 5.91 Å². The maximum atomic E-state index is 11.6. The van der Waals surface area contributed by atoms with Crippen molar-refractivity contribution in [2.24, 2.45) is 11.8 Å². The Kier molecular flexibility index (Phi) is 4.34. The van der Waals surface area contributed by atoms with E-state index in [-0.39, 0.29) is 11.8 Å². The number of carboxylic acid groups (broad SMARTS) is 1. The molecule has 0 aromatic rings. The Morgan fingerprint density at radius 3 is 2.47 bits per heavy atom. The van der Waals surface area contributed by atoms with E-state index in [1.165, 1.54) is 0 Å². The highest BCUT2D eigenvalue weighted by atomic mass is 16.4. The zero-order valence-electron chi connectivity index (χ0n) is 8.74. The first kappa shape index (κ1) is 11.8. The normalized spacial score (nSPS) is 25.6. The van der Waals surface area contributed by atoms with Gasteiger partial charge in [0.1, 0.15) is 0 Å². The summed E-state index contributed by atoms with van der Waals surface area (Å²) in [4.78, 5) is 22.6. The first-order valence-electron chi connectivity index (χ1n) is 5.28. The van der Waals surface area contributed by atoms with Gasteiger partial charge in [-0.15, -0.1) is 6.58 Å². The second-order valence-corrected chi connectivity index (χ2v) is 3.87. The van der Waals surface area contributed by atoms with Gasteiger partial charge in [0, 0.05) is 6.54 Å². The van der Waals surface area contributed by atoms with E-state index in [0.717, 1.165) is 12.8 Å². The second kappa shape index (κ2) is 5.53. The Morgan fingerprint density at radius 2 is 1.93 bits per heavy atom. The highest BCUT2D eigenvalue weighted by Crippen LogP contribution is 2.30. The first-order chi connectivity index (χ1) is 7.16. The van der Waals surface area contributed by atoms with Crippen LogP contribution >= 0.6 is 0 Å². The highest BCUT2D eigenvalue weighted by molar-refractivity contribution is 5.84. The van der Waals surface area contributed by atoms with E-state index in [4.69, 9.17) is 5.11 Å². The molecule has 0 aromatic heterocycles. The molecule has 0 radical (unpaired) electrons. The lowest BCUT2D eigenvalue weighted by Crippen LogP contribution is -2.39. The van der Waals surface area contributed by atoms with Crippen LogP contribution < -0.4 is 5.32 Å². The maximum Gasteiger partial charge on any atom is 0.307 e. The average molecular weight is 211 g/mol. The molecule has 0 aliphatic heterocycles. The fraction of sp³-hybridized carbons (Fsp3) is 0.636. The lowest BCUT2D eigenvalue weighted by atomic mass is 9.79. The molecule has 84 valence electrons. The summed E-state index contributed by atoms with van der Waals surface area (Å²) in [5.41, 5.74) is 0. The third-order valence-corrected chi connectivity index (χ3v) is 2.84. The van der Waals surface area contributed by atoms with Crippen LogP contribution in [0.4, 0.5) is 0 Å². The summed E-state index contributed by atoms with van der Waals surface area (Å²) in [7, 11) is 0. The molecule has 0 spiro atoms. The molecule has 0 saturated heterocycles. The summed E-state index contributed by atoms with van der Waals surface area (Å²) < 4.78 is 0. The molecule has 1 aliphatic rings. The van der Waals surface area contributed by atoms with Gasteiger partial charge in [-0.3, -0.25) is 9.59 Å². The first-order valence-corrected chi connectivity index (χ1v) is 5.28. The van der Waals surface area contributed by atoms with Crippen LogP contribution in [0.25, 0.3) is 0 Å². The van der Waals surface area contributed by atoms with E-state index in [9.17, 15) is 9.59 Å². The lowest BCUT2D eigenvalue weighted by molar-refractivity contribution is -0.148. The Hall–Kier alpha value is -1.32. The van der Waals surface area contributed by atoms with Gasteiger partial charge in [-0.05, 0) is 12.8 Å². The summed E-state index contributed by atoms with van der Waals surface area (Å²) in [6, 6.07) is 0. The topological polar surface area (TPSA) is 66.4 Å². The molecule has 1 fully saturated rings. The van der Waals surface area contributed by atoms with Crippen LogP contribution in [0.15, 0.2) is 12.7 Å². The monoisotopic (exact) mass is 211 g/mol. The number of aliphatic carboxylic acids is 1. The van der Waals surface area contributed by atoms with Crippen molar-refractivity contribution < 1.29 is 14.7 Å². The molecule has 0 aromatic carbocycles. The minimum Gasteiger partial charge on any atom is -0.481 e. The molecular formula is C11H17NO3. The van der Waals surface area contributed by atoms with Crippen molar-refractivity contribution >= 4 is 11.9 Å². The fourth-order valence-corrected chi connectivity index (χ4v) is 2.04. The van der Waals surface area contributed by atoms with Crippen molar-refractivity contribution in [1.82, 2.24) is 5.32 Å². The minimum atomic E-state index is -0.853. The molecule has 2 N–H and O–H groups in total. The molecule has 2 atom stereocenters. The number of rotatable bonds is 4. The summed E-state index contributed by atoms with van der Waals surface area (Å²) in [5, 5.41) is 11.6. The van der Waals surface area contributed by atoms with E-state index in [0.29, 0.717) is 19.4 Å². The zero-order chi connectivity index (χ0) is 11.3. The Balaban J connectivity index is 2.58. The minimum absolute atomic E-state index is 0.151. The molecule has 0 heterocycles. The number of hydrogen-bond donors (Lipinski definition) is 2. The number of amides is 1. The van der Waals surface area contributed by atoms with Crippen molar-refractivity contribution in [2.45, 2.75) is 25.7 Å². The van der Waals surface area contributed by atoms with E-state index in [1.54, 1.807) is 6.08 Å². The predicted octanol–water partition coefficient (Wildman–Crippen LogP) is 1.18. The van der Waals surface area contributed by atoms with Crippen LogP contribution in [0.3, 0.4) is 0 Å². The van der Waals surface area contributed by atoms with Gasteiger partial charge in [0.05, 0.1) is 11.8 Å². The van der Waals surface area contributed by atoms with E-state index < -0.39 is 11.9 Å². The summed E-state index contributed by atoms with van der Waals surface area (Å²) in [5.74, 6) is -1.88. The van der Waals surface area contributed by atoms with Crippen LogP contribution in [-0.4, -0.2) is 23.5 Å². The van der Waals surface area contributed by atoms with Gasteiger partial charge in [0.25, 0.3) is 0 Å². The van der Waals surface area contributed by atoms with Crippen LogP contribution in [0.1, 0.15) is 25.7 Å². The average Bonchev–Trinajstić information content (AvgIpc) is 2.25. The molecule has 1 rings (SSSR count). The van der Waals surface area contributed by atoms with Gasteiger partial charge in [-0.1, -0.05) is 18.9 Å². The standard InChI is InChI=1S/C11H17NO3/c1-2-7-12-10(13)8-5-3-4-6-9(8)11(14)15/h2,8-9H,1,3-7H2,(H,12,13)(H,14,15)/t8-,9+/m0/s1. The molecule has 4 nitrogen and oxygen atoms in total. The fourth-order valence-electron chi connectivity index (χ4n) is 2.04. The highest BCUT2D eigenvalue weighted by Gasteiger charge is 2.35. The number of nitrogens with one attached hydrogen (secondary N) is 1. The van der Waals surface area contributed by atoms with Crippen molar-refractivity contribution in [3.63, 3.8) is 0 Å². The van der Waals surface area contributed by atoms with Gasteiger partial charge < -0.3 is 10.4 Å². The third kappa shape index (κ3) is 3.08. The van der Waals surface area contributed by atoms with Crippen LogP contribution in [-0.2, 0) is 9.59 Å². The second-order valence-electron chi connectivity index (χ2n) is 3.87. The van der Waals surface area contributed by atoms with Crippen molar-refractivity contribution in [3.8, 4) is 0 Å². The smallest absolute Gasteiger partial charge is 0.307 e. The van der Waals surface area contributed by atoms with Gasteiger partial charge in [-0.25, -0.2) is 0 Å². The molecule has 0 bridgehead atoms. The largest absolute Gasteiger partial charge is 0.481 e. The summed E-state index contributed by atoms with van der Waals surface area (Å²) in [6.45, 7) is 3.91. The molecule has 1 saturated carbocycles. The molecule has 0 unspecified atom stereocenters. The van der Waals surface area contributed by atoms with Crippen molar-refractivity contribution in [2.75, 3.05) is 6.54 Å². The zero-order valence-corrected chi connectivity index (χ0v) is 8.74. The Morgan fingerprint density at radius 1 is 1.33 bits per heavy atom. The van der Waals surface area contributed by atoms with Gasteiger partial charge >= 0.3 is 5.97 Å². The number of carbonyl (C=O) groups is 2. The van der Waals surface area contributed by atoms with Gasteiger partial charge in [0.15, 0.2) is 0 Å². The SMILES string of the molecule is C=CCNC(=O)[C@H]1CCCC[C@H]1C(=O)O. The predicted molar refractivity (Wildman–Crippen MR) is 56.3 cm³/mol. The van der Waals surface area contributed by atoms with Crippen LogP contribution in [0, 0.1) is 11.8 Å². The van der Waals surface area contributed by atoms with E-state index in [1.807, 2.05) is 0 Å². The molecule has 1 aliphatic carbocycles. The molecule has 1 amide bonds. The summed E-state index contributed by atoms with van der Waals surface area (Å²) >= 11 is 0. The van der Waals surface area contributed by atoms with E-state index >= 15 is 0 Å². The molecule has 4 heteroatoms. The quantitative estimate of drug-likeness (QED) is 0.686. The molecule has 15 heavy (non-hydrogen) atoms. The Labute approximate surface area is 89.4 Å². The lowest BCUT2D eigenvalue weighted by Gasteiger charge is -2.27. The van der Waals surface area contributed by atoms with Crippen molar-refractivity contribution in [3.05, 3.63) is 12.7 Å². The van der Waals surface area contributed by atoms with Crippen molar-refractivity contribution in [1.29, 1.82) is 0 Å². The maximum absolute atomic E-state index is 11.6. The Bertz CT molecular complexity index is 263. The summed E-state index contributed by atoms with van der Waals surface area (Å²) in [6.07, 6.45) is 4.73. The number of carboxylic acids is 1. The van der Waals surface area contributed by atoms with Crippen LogP contribution in [0.5, 0.6) is 0 Å². The number of carbonyl (C=O) groups excluding carboxylic acids is 1. The number of hydrogen-bond acceptors (Lipinski definition) is 2. The van der Waals surface area contributed by atoms with Crippen LogP contribution in [0.2, 0.25) is 0 Å². The van der Waals surface area contributed by atoms with Gasteiger partial charge in [-0.2, -0.15) is 0 Å². The third-order valence-electron chi connectivity index (χ3n) is 2.84. The molecular weight excluding hydrogens is 194 g/mol. The van der Waals surface area contributed by atoms with E-state index in [2.05, 4.69) is 11.9 Å².